The molecule has 0 aromatic heterocycles. The molecule has 70 valence electrons. The summed E-state index contributed by atoms with van der Waals surface area (Å²) in [6.07, 6.45) is 1.52. The van der Waals surface area contributed by atoms with Crippen LogP contribution in [-0.2, 0) is 9.09 Å². The highest BCUT2D eigenvalue weighted by molar-refractivity contribution is 7.33. The maximum absolute atomic E-state index is 11.1. The predicted octanol–water partition coefficient (Wildman–Crippen LogP) is 2.66. The Morgan fingerprint density at radius 2 is 2.08 bits per heavy atom. The van der Waals surface area contributed by atoms with Crippen molar-refractivity contribution in [1.82, 2.24) is 0 Å². The van der Waals surface area contributed by atoms with Crippen LogP contribution in [0.2, 0.25) is 0 Å². The van der Waals surface area contributed by atoms with Crippen LogP contribution in [-0.4, -0.2) is 6.61 Å². The molecule has 4 heteroatoms. The monoisotopic (exact) mass is 198 g/mol. The Morgan fingerprint density at radius 3 is 2.69 bits per heavy atom. The van der Waals surface area contributed by atoms with Crippen LogP contribution < -0.4 is 4.52 Å². The summed E-state index contributed by atoms with van der Waals surface area (Å²) in [5, 5.41) is 0. The number of hydrogen-bond acceptors (Lipinski definition) is 3. The molecular formula is C9H11O3P. The summed E-state index contributed by atoms with van der Waals surface area (Å²) in [6, 6.07) is 8.91. The molecule has 0 saturated carbocycles. The first-order chi connectivity index (χ1) is 6.33. The van der Waals surface area contributed by atoms with E-state index in [4.69, 9.17) is 9.05 Å². The van der Waals surface area contributed by atoms with E-state index >= 15 is 0 Å². The number of benzene rings is 1. The molecule has 0 radical (unpaired) electrons. The molecule has 0 saturated heterocycles. The van der Waals surface area contributed by atoms with Crippen molar-refractivity contribution < 1.29 is 13.6 Å². The van der Waals surface area contributed by atoms with Gasteiger partial charge in [0.1, 0.15) is 5.75 Å². The Morgan fingerprint density at radius 1 is 1.38 bits per heavy atom. The summed E-state index contributed by atoms with van der Waals surface area (Å²) >= 11 is 0. The Labute approximate surface area is 77.9 Å². The fourth-order valence-electron chi connectivity index (χ4n) is 0.741. The first-order valence-electron chi connectivity index (χ1n) is 3.83. The van der Waals surface area contributed by atoms with Gasteiger partial charge in [0.15, 0.2) is 0 Å². The third-order valence-electron chi connectivity index (χ3n) is 1.26. The normalized spacial score (nSPS) is 12.0. The van der Waals surface area contributed by atoms with Gasteiger partial charge in [0.2, 0.25) is 0 Å². The van der Waals surface area contributed by atoms with Crippen molar-refractivity contribution in [2.24, 2.45) is 0 Å². The summed E-state index contributed by atoms with van der Waals surface area (Å²) in [6.45, 7) is 3.68. The third-order valence-corrected chi connectivity index (χ3v) is 2.07. The molecule has 1 aromatic carbocycles. The molecule has 0 N–H and O–H groups in total. The zero-order valence-corrected chi connectivity index (χ0v) is 8.10. The Bertz CT molecular complexity index is 284. The van der Waals surface area contributed by atoms with E-state index in [9.17, 15) is 4.57 Å². The van der Waals surface area contributed by atoms with Gasteiger partial charge in [0.25, 0.3) is 0 Å². The lowest BCUT2D eigenvalue weighted by atomic mass is 10.3. The highest BCUT2D eigenvalue weighted by Crippen LogP contribution is 2.27. The third kappa shape index (κ3) is 3.92. The van der Waals surface area contributed by atoms with Crippen molar-refractivity contribution in [3.8, 4) is 5.75 Å². The minimum Gasteiger partial charge on any atom is -0.426 e. The van der Waals surface area contributed by atoms with Crippen molar-refractivity contribution in [3.63, 3.8) is 0 Å². The zero-order chi connectivity index (χ0) is 9.52. The van der Waals surface area contributed by atoms with Gasteiger partial charge in [-0.1, -0.05) is 24.3 Å². The standard InChI is InChI=1S/C9H11O3P/c1-2-8-11-13(10)12-9-6-4-3-5-7-9/h2-7,13H,1,8H2. The fourth-order valence-corrected chi connectivity index (χ4v) is 1.38. The van der Waals surface area contributed by atoms with Gasteiger partial charge in [-0.15, -0.1) is 6.58 Å². The van der Waals surface area contributed by atoms with Crippen LogP contribution >= 0.6 is 8.25 Å². The quantitative estimate of drug-likeness (QED) is 0.539. The Kier molecular flexibility index (Phi) is 4.30. The summed E-state index contributed by atoms with van der Waals surface area (Å²) in [7, 11) is -2.43. The molecule has 0 heterocycles. The first kappa shape index (κ1) is 10.0. The Hall–Kier alpha value is -1.05. The highest BCUT2D eigenvalue weighted by Gasteiger charge is 1.98. The molecule has 0 spiro atoms. The van der Waals surface area contributed by atoms with Crippen LogP contribution in [0.4, 0.5) is 0 Å². The molecule has 0 aliphatic heterocycles. The van der Waals surface area contributed by atoms with Crippen molar-refractivity contribution in [2.75, 3.05) is 6.61 Å². The zero-order valence-electron chi connectivity index (χ0n) is 7.10. The lowest BCUT2D eigenvalue weighted by Crippen LogP contribution is -1.86. The van der Waals surface area contributed by atoms with Crippen LogP contribution in [0.5, 0.6) is 5.75 Å². The number of hydrogen-bond donors (Lipinski definition) is 0. The van der Waals surface area contributed by atoms with E-state index in [1.807, 2.05) is 6.07 Å². The van der Waals surface area contributed by atoms with Gasteiger partial charge in [-0.25, -0.2) is 4.57 Å². The van der Waals surface area contributed by atoms with E-state index in [-0.39, 0.29) is 6.61 Å². The van der Waals surface area contributed by atoms with Crippen LogP contribution in [0, 0.1) is 0 Å². The highest BCUT2D eigenvalue weighted by atomic mass is 31.1. The molecule has 13 heavy (non-hydrogen) atoms. The van der Waals surface area contributed by atoms with E-state index in [0.29, 0.717) is 5.75 Å². The molecule has 1 atom stereocenters. The van der Waals surface area contributed by atoms with Gasteiger partial charge >= 0.3 is 8.25 Å². The SMILES string of the molecule is C=CCO[PH](=O)Oc1ccccc1. The lowest BCUT2D eigenvalue weighted by Gasteiger charge is -2.04. The summed E-state index contributed by atoms with van der Waals surface area (Å²) in [4.78, 5) is 0. The topological polar surface area (TPSA) is 35.5 Å². The van der Waals surface area contributed by atoms with Gasteiger partial charge in [0.05, 0.1) is 6.61 Å². The molecule has 1 aromatic rings. The van der Waals surface area contributed by atoms with Crippen molar-refractivity contribution in [2.45, 2.75) is 0 Å². The van der Waals surface area contributed by atoms with Crippen LogP contribution in [0.15, 0.2) is 43.0 Å². The summed E-state index contributed by atoms with van der Waals surface area (Å²) in [5.41, 5.74) is 0. The lowest BCUT2D eigenvalue weighted by molar-refractivity contribution is 0.317. The maximum Gasteiger partial charge on any atom is 0.368 e. The van der Waals surface area contributed by atoms with Gasteiger partial charge in [-0.2, -0.15) is 0 Å². The average molecular weight is 198 g/mol. The molecule has 0 amide bonds. The van der Waals surface area contributed by atoms with Crippen molar-refractivity contribution >= 4 is 8.25 Å². The number of para-hydroxylation sites is 1. The number of rotatable bonds is 5. The minimum absolute atomic E-state index is 0.241. The van der Waals surface area contributed by atoms with Crippen molar-refractivity contribution in [1.29, 1.82) is 0 Å². The van der Waals surface area contributed by atoms with Crippen LogP contribution in [0.3, 0.4) is 0 Å². The second-order valence-electron chi connectivity index (χ2n) is 2.26. The van der Waals surface area contributed by atoms with Gasteiger partial charge in [-0.05, 0) is 12.1 Å². The van der Waals surface area contributed by atoms with E-state index in [2.05, 4.69) is 6.58 Å². The molecule has 1 unspecified atom stereocenters. The largest absolute Gasteiger partial charge is 0.426 e. The van der Waals surface area contributed by atoms with E-state index in [1.165, 1.54) is 6.08 Å². The average Bonchev–Trinajstić information content (AvgIpc) is 2.16. The van der Waals surface area contributed by atoms with E-state index in [0.717, 1.165) is 0 Å². The molecule has 3 nitrogen and oxygen atoms in total. The molecule has 1 rings (SSSR count). The fraction of sp³-hybridized carbons (Fsp3) is 0.111. The van der Waals surface area contributed by atoms with Crippen LogP contribution in [0.25, 0.3) is 0 Å². The second kappa shape index (κ2) is 5.57. The predicted molar refractivity (Wildman–Crippen MR) is 52.2 cm³/mol. The summed E-state index contributed by atoms with van der Waals surface area (Å²) < 4.78 is 20.9. The summed E-state index contributed by atoms with van der Waals surface area (Å²) in [5.74, 6) is 0.551. The maximum atomic E-state index is 11.1. The van der Waals surface area contributed by atoms with Crippen molar-refractivity contribution in [3.05, 3.63) is 43.0 Å². The first-order valence-corrected chi connectivity index (χ1v) is 5.06. The van der Waals surface area contributed by atoms with E-state index in [1.54, 1.807) is 24.3 Å². The molecule has 0 aliphatic rings. The molecule has 0 aliphatic carbocycles. The van der Waals surface area contributed by atoms with Gasteiger partial charge < -0.3 is 4.52 Å². The van der Waals surface area contributed by atoms with Gasteiger partial charge in [-0.3, -0.25) is 4.52 Å². The molecule has 0 fully saturated rings. The van der Waals surface area contributed by atoms with Gasteiger partial charge in [0, 0.05) is 0 Å². The second-order valence-corrected chi connectivity index (χ2v) is 3.26. The smallest absolute Gasteiger partial charge is 0.368 e. The molecular weight excluding hydrogens is 187 g/mol. The van der Waals surface area contributed by atoms with Crippen LogP contribution in [0.1, 0.15) is 0 Å². The Balaban J connectivity index is 2.41. The molecule has 0 bridgehead atoms. The van der Waals surface area contributed by atoms with E-state index < -0.39 is 8.25 Å². The minimum atomic E-state index is -2.43.